The van der Waals surface area contributed by atoms with Gasteiger partial charge in [0.05, 0.1) is 10.0 Å². The molecule has 1 unspecified atom stereocenters. The SMILES string of the molecule is OC(c1ccc(Cl)c(Cl)c1)c1ccc(Br)c2ccccc12. The molecule has 3 aromatic rings. The first-order valence-corrected chi connectivity index (χ1v) is 7.93. The van der Waals surface area contributed by atoms with Gasteiger partial charge in [0.15, 0.2) is 0 Å². The van der Waals surface area contributed by atoms with Gasteiger partial charge < -0.3 is 5.11 Å². The lowest BCUT2D eigenvalue weighted by Gasteiger charge is -2.15. The topological polar surface area (TPSA) is 20.2 Å². The minimum atomic E-state index is -0.752. The molecule has 0 aliphatic carbocycles. The zero-order valence-electron chi connectivity index (χ0n) is 10.9. The fourth-order valence-electron chi connectivity index (χ4n) is 2.39. The van der Waals surface area contributed by atoms with E-state index in [0.29, 0.717) is 10.0 Å². The molecule has 0 spiro atoms. The lowest BCUT2D eigenvalue weighted by Crippen LogP contribution is -2.00. The number of benzene rings is 3. The Balaban J connectivity index is 2.15. The van der Waals surface area contributed by atoms with Gasteiger partial charge in [-0.1, -0.05) is 75.5 Å². The molecule has 0 aromatic heterocycles. The molecule has 0 heterocycles. The summed E-state index contributed by atoms with van der Waals surface area (Å²) in [6.45, 7) is 0. The first-order chi connectivity index (χ1) is 10.1. The molecule has 0 bridgehead atoms. The van der Waals surface area contributed by atoms with E-state index in [-0.39, 0.29) is 0 Å². The van der Waals surface area contributed by atoms with Gasteiger partial charge in [-0.25, -0.2) is 0 Å². The summed E-state index contributed by atoms with van der Waals surface area (Å²) in [6.07, 6.45) is -0.752. The average molecular weight is 382 g/mol. The standard InChI is InChI=1S/C17H11BrCl2O/c18-14-7-6-13(11-3-1-2-4-12(11)14)17(21)10-5-8-15(19)16(20)9-10/h1-9,17,21H. The van der Waals surface area contributed by atoms with E-state index in [1.807, 2.05) is 36.4 Å². The second-order valence-corrected chi connectivity index (χ2v) is 6.43. The Bertz CT molecular complexity index is 817. The summed E-state index contributed by atoms with van der Waals surface area (Å²) in [5.74, 6) is 0. The molecule has 0 fully saturated rings. The summed E-state index contributed by atoms with van der Waals surface area (Å²) < 4.78 is 1.00. The molecule has 1 atom stereocenters. The highest BCUT2D eigenvalue weighted by atomic mass is 79.9. The van der Waals surface area contributed by atoms with Crippen LogP contribution in [0.4, 0.5) is 0 Å². The van der Waals surface area contributed by atoms with Crippen molar-refractivity contribution in [3.8, 4) is 0 Å². The summed E-state index contributed by atoms with van der Waals surface area (Å²) in [7, 11) is 0. The summed E-state index contributed by atoms with van der Waals surface area (Å²) in [5.41, 5.74) is 1.56. The van der Waals surface area contributed by atoms with Crippen LogP contribution < -0.4 is 0 Å². The van der Waals surface area contributed by atoms with Crippen molar-refractivity contribution in [2.24, 2.45) is 0 Å². The van der Waals surface area contributed by atoms with Crippen LogP contribution in [0.3, 0.4) is 0 Å². The molecule has 0 amide bonds. The molecule has 0 saturated carbocycles. The first-order valence-electron chi connectivity index (χ1n) is 6.38. The second-order valence-electron chi connectivity index (χ2n) is 4.76. The molecule has 3 rings (SSSR count). The first kappa shape index (κ1) is 14.9. The summed E-state index contributed by atoms with van der Waals surface area (Å²) in [4.78, 5) is 0. The van der Waals surface area contributed by atoms with E-state index in [1.54, 1.807) is 18.2 Å². The highest BCUT2D eigenvalue weighted by Gasteiger charge is 2.15. The number of halogens is 3. The van der Waals surface area contributed by atoms with Gasteiger partial charge in [0, 0.05) is 4.47 Å². The van der Waals surface area contributed by atoms with Crippen LogP contribution >= 0.6 is 39.1 Å². The fraction of sp³-hybridized carbons (Fsp3) is 0.0588. The van der Waals surface area contributed by atoms with Crippen molar-refractivity contribution in [1.82, 2.24) is 0 Å². The predicted octanol–water partition coefficient (Wildman–Crippen LogP) is 5.99. The van der Waals surface area contributed by atoms with Gasteiger partial charge in [0.25, 0.3) is 0 Å². The molecule has 1 N–H and O–H groups in total. The minimum absolute atomic E-state index is 0.439. The Morgan fingerprint density at radius 2 is 1.57 bits per heavy atom. The van der Waals surface area contributed by atoms with Crippen molar-refractivity contribution in [2.75, 3.05) is 0 Å². The van der Waals surface area contributed by atoms with Crippen LogP contribution in [0.1, 0.15) is 17.2 Å². The van der Waals surface area contributed by atoms with Crippen molar-refractivity contribution in [3.63, 3.8) is 0 Å². The van der Waals surface area contributed by atoms with Crippen LogP contribution in [-0.4, -0.2) is 5.11 Å². The van der Waals surface area contributed by atoms with Gasteiger partial charge in [-0.05, 0) is 40.1 Å². The number of aliphatic hydroxyl groups is 1. The molecule has 0 aliphatic heterocycles. The van der Waals surface area contributed by atoms with Gasteiger partial charge in [-0.3, -0.25) is 0 Å². The minimum Gasteiger partial charge on any atom is -0.384 e. The van der Waals surface area contributed by atoms with Crippen molar-refractivity contribution in [1.29, 1.82) is 0 Å². The maximum absolute atomic E-state index is 10.7. The normalized spacial score (nSPS) is 12.6. The van der Waals surface area contributed by atoms with Crippen molar-refractivity contribution < 1.29 is 5.11 Å². The van der Waals surface area contributed by atoms with E-state index < -0.39 is 6.10 Å². The lowest BCUT2D eigenvalue weighted by atomic mass is 9.96. The number of hydrogen-bond acceptors (Lipinski definition) is 1. The van der Waals surface area contributed by atoms with Crippen molar-refractivity contribution >= 4 is 49.9 Å². The predicted molar refractivity (Wildman–Crippen MR) is 92.2 cm³/mol. The molecular formula is C17H11BrCl2O. The van der Waals surface area contributed by atoms with Crippen LogP contribution in [0, 0.1) is 0 Å². The van der Waals surface area contributed by atoms with Gasteiger partial charge in [-0.2, -0.15) is 0 Å². The maximum Gasteiger partial charge on any atom is 0.105 e. The van der Waals surface area contributed by atoms with Crippen molar-refractivity contribution in [3.05, 3.63) is 80.2 Å². The van der Waals surface area contributed by atoms with Gasteiger partial charge in [-0.15, -0.1) is 0 Å². The van der Waals surface area contributed by atoms with Crippen LogP contribution in [0.5, 0.6) is 0 Å². The lowest BCUT2D eigenvalue weighted by molar-refractivity contribution is 0.222. The molecule has 21 heavy (non-hydrogen) atoms. The molecule has 3 aromatic carbocycles. The van der Waals surface area contributed by atoms with E-state index in [4.69, 9.17) is 23.2 Å². The molecular weight excluding hydrogens is 371 g/mol. The number of rotatable bonds is 2. The summed E-state index contributed by atoms with van der Waals surface area (Å²) in [6, 6.07) is 17.0. The molecule has 0 radical (unpaired) electrons. The maximum atomic E-state index is 10.7. The number of hydrogen-bond donors (Lipinski definition) is 1. The summed E-state index contributed by atoms with van der Waals surface area (Å²) >= 11 is 15.5. The Kier molecular flexibility index (Phi) is 4.23. The van der Waals surface area contributed by atoms with E-state index in [1.165, 1.54) is 0 Å². The number of aliphatic hydroxyl groups excluding tert-OH is 1. The third kappa shape index (κ3) is 2.82. The average Bonchev–Trinajstić information content (AvgIpc) is 2.50. The van der Waals surface area contributed by atoms with E-state index in [0.717, 1.165) is 26.4 Å². The molecule has 106 valence electrons. The monoisotopic (exact) mass is 380 g/mol. The summed E-state index contributed by atoms with van der Waals surface area (Å²) in [5, 5.41) is 13.7. The Morgan fingerprint density at radius 3 is 2.29 bits per heavy atom. The van der Waals surface area contributed by atoms with Crippen LogP contribution in [0.15, 0.2) is 59.1 Å². The molecule has 1 nitrogen and oxygen atoms in total. The van der Waals surface area contributed by atoms with E-state index in [9.17, 15) is 5.11 Å². The third-order valence-electron chi connectivity index (χ3n) is 3.46. The van der Waals surface area contributed by atoms with Crippen molar-refractivity contribution in [2.45, 2.75) is 6.10 Å². The van der Waals surface area contributed by atoms with E-state index >= 15 is 0 Å². The Labute approximate surface area is 141 Å². The molecule has 4 heteroatoms. The van der Waals surface area contributed by atoms with Gasteiger partial charge in [0.1, 0.15) is 6.10 Å². The van der Waals surface area contributed by atoms with Crippen LogP contribution in [-0.2, 0) is 0 Å². The number of fused-ring (bicyclic) bond motifs is 1. The highest BCUT2D eigenvalue weighted by Crippen LogP contribution is 2.34. The highest BCUT2D eigenvalue weighted by molar-refractivity contribution is 9.10. The quantitative estimate of drug-likeness (QED) is 0.577. The fourth-order valence-corrected chi connectivity index (χ4v) is 3.17. The molecule has 0 aliphatic rings. The third-order valence-corrected chi connectivity index (χ3v) is 4.89. The van der Waals surface area contributed by atoms with Crippen LogP contribution in [0.2, 0.25) is 10.0 Å². The Morgan fingerprint density at radius 1 is 0.857 bits per heavy atom. The van der Waals surface area contributed by atoms with Gasteiger partial charge >= 0.3 is 0 Å². The Hall–Kier alpha value is -1.06. The second kappa shape index (κ2) is 5.98. The smallest absolute Gasteiger partial charge is 0.105 e. The zero-order chi connectivity index (χ0) is 15.0. The van der Waals surface area contributed by atoms with Crippen LogP contribution in [0.25, 0.3) is 10.8 Å². The van der Waals surface area contributed by atoms with Gasteiger partial charge in [0.2, 0.25) is 0 Å². The largest absolute Gasteiger partial charge is 0.384 e. The zero-order valence-corrected chi connectivity index (χ0v) is 14.0. The molecule has 0 saturated heterocycles. The van der Waals surface area contributed by atoms with E-state index in [2.05, 4.69) is 15.9 Å².